The first kappa shape index (κ1) is 15.8. The van der Waals surface area contributed by atoms with Crippen molar-refractivity contribution in [2.75, 3.05) is 0 Å². The van der Waals surface area contributed by atoms with Gasteiger partial charge in [0, 0.05) is 11.7 Å². The van der Waals surface area contributed by atoms with E-state index in [-0.39, 0.29) is 0 Å². The first-order chi connectivity index (χ1) is 8.78. The smallest absolute Gasteiger partial charge is 0.0342 e. The zero-order valence-electron chi connectivity index (χ0n) is 13.2. The first-order valence-electron chi connectivity index (χ1n) is 7.30. The quantitative estimate of drug-likeness (QED) is 0.744. The van der Waals surface area contributed by atoms with E-state index in [9.17, 15) is 0 Å². The number of hydrogen-bond donors (Lipinski definition) is 1. The summed E-state index contributed by atoms with van der Waals surface area (Å²) in [6, 6.07) is 9.01. The summed E-state index contributed by atoms with van der Waals surface area (Å²) in [5.41, 5.74) is 3.94. The van der Waals surface area contributed by atoms with Gasteiger partial charge >= 0.3 is 0 Å². The summed E-state index contributed by atoms with van der Waals surface area (Å²) in [5.74, 6) is 0. The molecular formula is C18H29N. The molecule has 0 aromatic heterocycles. The Hall–Kier alpha value is -1.24. The Kier molecular flexibility index (Phi) is 5.65. The van der Waals surface area contributed by atoms with Crippen LogP contribution in [0, 0.1) is 12.3 Å². The molecule has 0 amide bonds. The van der Waals surface area contributed by atoms with Crippen LogP contribution in [0.2, 0.25) is 0 Å². The van der Waals surface area contributed by atoms with Crippen LogP contribution in [0.15, 0.2) is 30.8 Å². The minimum atomic E-state index is 0.438. The average Bonchev–Trinajstić information content (AvgIpc) is 2.27. The molecule has 0 aliphatic rings. The van der Waals surface area contributed by atoms with E-state index in [0.717, 1.165) is 5.70 Å². The molecule has 1 unspecified atom stereocenters. The van der Waals surface area contributed by atoms with E-state index < -0.39 is 0 Å². The topological polar surface area (TPSA) is 12.0 Å². The van der Waals surface area contributed by atoms with Crippen molar-refractivity contribution in [1.29, 1.82) is 0 Å². The monoisotopic (exact) mass is 259 g/mol. The molecule has 0 heterocycles. The highest BCUT2D eigenvalue weighted by Crippen LogP contribution is 2.22. The van der Waals surface area contributed by atoms with Gasteiger partial charge in [0.25, 0.3) is 0 Å². The van der Waals surface area contributed by atoms with Crippen LogP contribution in [-0.4, -0.2) is 6.04 Å². The van der Waals surface area contributed by atoms with Crippen LogP contribution in [0.25, 0.3) is 5.70 Å². The maximum atomic E-state index is 4.14. The molecule has 0 aliphatic carbocycles. The van der Waals surface area contributed by atoms with E-state index in [2.05, 4.69) is 70.8 Å². The lowest BCUT2D eigenvalue weighted by atomic mass is 9.89. The van der Waals surface area contributed by atoms with Gasteiger partial charge in [-0.3, -0.25) is 0 Å². The molecule has 0 fully saturated rings. The third-order valence-corrected chi connectivity index (χ3v) is 3.38. The van der Waals surface area contributed by atoms with Crippen molar-refractivity contribution in [2.24, 2.45) is 5.41 Å². The second-order valence-corrected chi connectivity index (χ2v) is 6.84. The molecule has 1 N–H and O–H groups in total. The van der Waals surface area contributed by atoms with Gasteiger partial charge in [-0.2, -0.15) is 0 Å². The standard InChI is InChI=1S/C18H29N/c1-14-9-11-17(12-10-14)16(3)19-15(2)8-7-13-18(4,5)6/h9-12,15,19H,3,7-8,13H2,1-2,4-6H3. The predicted molar refractivity (Wildman–Crippen MR) is 86.1 cm³/mol. The zero-order chi connectivity index (χ0) is 14.5. The molecule has 1 aromatic rings. The van der Waals surface area contributed by atoms with Gasteiger partial charge in [-0.15, -0.1) is 0 Å². The summed E-state index contributed by atoms with van der Waals surface area (Å²) in [6.45, 7) is 15.4. The van der Waals surface area contributed by atoms with Crippen molar-refractivity contribution in [1.82, 2.24) is 5.32 Å². The third kappa shape index (κ3) is 6.47. The van der Waals surface area contributed by atoms with Crippen LogP contribution in [0.3, 0.4) is 0 Å². The van der Waals surface area contributed by atoms with Crippen LogP contribution in [0.4, 0.5) is 0 Å². The summed E-state index contributed by atoms with van der Waals surface area (Å²) in [5, 5.41) is 3.51. The molecule has 0 aliphatic heterocycles. The predicted octanol–water partition coefficient (Wildman–Crippen LogP) is 5.16. The Morgan fingerprint density at radius 3 is 2.32 bits per heavy atom. The molecule has 1 aromatic carbocycles. The van der Waals surface area contributed by atoms with Crippen molar-refractivity contribution in [3.63, 3.8) is 0 Å². The fourth-order valence-corrected chi connectivity index (χ4v) is 2.15. The summed E-state index contributed by atoms with van der Waals surface area (Å²) in [7, 11) is 0. The van der Waals surface area contributed by atoms with E-state index >= 15 is 0 Å². The third-order valence-electron chi connectivity index (χ3n) is 3.38. The average molecular weight is 259 g/mol. The molecule has 1 rings (SSSR count). The highest BCUT2D eigenvalue weighted by molar-refractivity contribution is 5.61. The lowest BCUT2D eigenvalue weighted by molar-refractivity contribution is 0.351. The van der Waals surface area contributed by atoms with Gasteiger partial charge in [0.1, 0.15) is 0 Å². The number of hydrogen-bond acceptors (Lipinski definition) is 1. The van der Waals surface area contributed by atoms with Gasteiger partial charge in [-0.25, -0.2) is 0 Å². The van der Waals surface area contributed by atoms with Crippen molar-refractivity contribution in [3.8, 4) is 0 Å². The Morgan fingerprint density at radius 1 is 1.21 bits per heavy atom. The van der Waals surface area contributed by atoms with Crippen molar-refractivity contribution in [2.45, 2.75) is 59.9 Å². The molecular weight excluding hydrogens is 230 g/mol. The van der Waals surface area contributed by atoms with E-state index in [1.54, 1.807) is 0 Å². The Labute approximate surface area is 119 Å². The summed E-state index contributed by atoms with van der Waals surface area (Å²) < 4.78 is 0. The second kappa shape index (κ2) is 6.79. The number of aryl methyl sites for hydroxylation is 1. The zero-order valence-corrected chi connectivity index (χ0v) is 13.2. The van der Waals surface area contributed by atoms with Gasteiger partial charge in [0.05, 0.1) is 0 Å². The van der Waals surface area contributed by atoms with Crippen LogP contribution >= 0.6 is 0 Å². The highest BCUT2D eigenvalue weighted by atomic mass is 14.9. The van der Waals surface area contributed by atoms with Crippen molar-refractivity contribution >= 4 is 5.70 Å². The number of nitrogens with one attached hydrogen (secondary N) is 1. The maximum Gasteiger partial charge on any atom is 0.0342 e. The van der Waals surface area contributed by atoms with E-state index in [4.69, 9.17) is 0 Å². The molecule has 0 saturated carbocycles. The largest absolute Gasteiger partial charge is 0.383 e. The molecule has 19 heavy (non-hydrogen) atoms. The molecule has 0 spiro atoms. The lowest BCUT2D eigenvalue weighted by Crippen LogP contribution is -2.24. The summed E-state index contributed by atoms with van der Waals surface area (Å²) in [4.78, 5) is 0. The fraction of sp³-hybridized carbons (Fsp3) is 0.556. The van der Waals surface area contributed by atoms with E-state index in [1.807, 2.05) is 0 Å². The minimum absolute atomic E-state index is 0.438. The molecule has 1 nitrogen and oxygen atoms in total. The SMILES string of the molecule is C=C(NC(C)CCCC(C)(C)C)c1ccc(C)cc1. The first-order valence-corrected chi connectivity index (χ1v) is 7.30. The normalized spacial score (nSPS) is 13.1. The molecule has 0 saturated heterocycles. The van der Waals surface area contributed by atoms with E-state index in [1.165, 1.54) is 30.4 Å². The van der Waals surface area contributed by atoms with Gasteiger partial charge < -0.3 is 5.32 Å². The Balaban J connectivity index is 2.38. The molecule has 1 atom stereocenters. The lowest BCUT2D eigenvalue weighted by Gasteiger charge is -2.21. The van der Waals surface area contributed by atoms with Crippen LogP contribution in [0.5, 0.6) is 0 Å². The van der Waals surface area contributed by atoms with Crippen molar-refractivity contribution < 1.29 is 0 Å². The number of rotatable bonds is 6. The Bertz CT molecular complexity index is 395. The molecule has 0 radical (unpaired) electrons. The minimum Gasteiger partial charge on any atom is -0.383 e. The van der Waals surface area contributed by atoms with Gasteiger partial charge in [-0.05, 0) is 37.7 Å². The number of benzene rings is 1. The van der Waals surface area contributed by atoms with Gasteiger partial charge in [0.2, 0.25) is 0 Å². The fourth-order valence-electron chi connectivity index (χ4n) is 2.15. The molecule has 106 valence electrons. The van der Waals surface area contributed by atoms with Gasteiger partial charge in [0.15, 0.2) is 0 Å². The second-order valence-electron chi connectivity index (χ2n) is 6.84. The summed E-state index contributed by atoms with van der Waals surface area (Å²) in [6.07, 6.45) is 3.73. The van der Waals surface area contributed by atoms with Crippen LogP contribution < -0.4 is 5.32 Å². The van der Waals surface area contributed by atoms with Crippen LogP contribution in [-0.2, 0) is 0 Å². The highest BCUT2D eigenvalue weighted by Gasteiger charge is 2.11. The van der Waals surface area contributed by atoms with Gasteiger partial charge in [-0.1, -0.05) is 63.6 Å². The maximum absolute atomic E-state index is 4.14. The molecule has 0 bridgehead atoms. The van der Waals surface area contributed by atoms with E-state index in [0.29, 0.717) is 11.5 Å². The summed E-state index contributed by atoms with van der Waals surface area (Å²) >= 11 is 0. The van der Waals surface area contributed by atoms with Crippen LogP contribution in [0.1, 0.15) is 58.1 Å². The van der Waals surface area contributed by atoms with Crippen molar-refractivity contribution in [3.05, 3.63) is 42.0 Å². The molecule has 1 heteroatoms. The Morgan fingerprint density at radius 2 is 1.79 bits per heavy atom.